The van der Waals surface area contributed by atoms with E-state index in [0.29, 0.717) is 31.5 Å². The van der Waals surface area contributed by atoms with Crippen molar-refractivity contribution < 1.29 is 9.59 Å². The minimum absolute atomic E-state index is 0.0395. The minimum Gasteiger partial charge on any atom is -0.356 e. The van der Waals surface area contributed by atoms with Gasteiger partial charge >= 0.3 is 0 Å². The van der Waals surface area contributed by atoms with Crippen molar-refractivity contribution in [1.29, 1.82) is 0 Å². The van der Waals surface area contributed by atoms with Crippen LogP contribution in [0, 0.1) is 17.3 Å². The molecule has 0 bridgehead atoms. The molecule has 8 heteroatoms. The van der Waals surface area contributed by atoms with Crippen molar-refractivity contribution in [3.05, 3.63) is 0 Å². The van der Waals surface area contributed by atoms with E-state index >= 15 is 0 Å². The molecule has 0 aromatic carbocycles. The van der Waals surface area contributed by atoms with Gasteiger partial charge in [0.25, 0.3) is 0 Å². The Hall–Kier alpha value is -1.83. The Kier molecular flexibility index (Phi) is 8.94. The molecular weight excluding hydrogens is 380 g/mol. The van der Waals surface area contributed by atoms with Crippen LogP contribution in [-0.2, 0) is 9.59 Å². The van der Waals surface area contributed by atoms with Crippen LogP contribution in [0.2, 0.25) is 0 Å². The Labute approximate surface area is 182 Å². The summed E-state index contributed by atoms with van der Waals surface area (Å²) in [5, 5.41) is 6.25. The molecule has 2 heterocycles. The van der Waals surface area contributed by atoms with E-state index in [4.69, 9.17) is 0 Å². The van der Waals surface area contributed by atoms with Gasteiger partial charge in [0.2, 0.25) is 11.8 Å². The molecule has 0 aromatic heterocycles. The van der Waals surface area contributed by atoms with E-state index in [2.05, 4.69) is 44.2 Å². The first-order valence-corrected chi connectivity index (χ1v) is 11.4. The molecule has 0 aliphatic carbocycles. The number of hydrogen-bond donors (Lipinski definition) is 2. The lowest BCUT2D eigenvalue weighted by molar-refractivity contribution is -0.135. The highest BCUT2D eigenvalue weighted by Gasteiger charge is 2.30. The van der Waals surface area contributed by atoms with Crippen LogP contribution in [0.5, 0.6) is 0 Å². The number of piperidine rings is 1. The minimum atomic E-state index is -0.511. The molecule has 2 rings (SSSR count). The van der Waals surface area contributed by atoms with Crippen molar-refractivity contribution in [2.45, 2.75) is 41.0 Å². The van der Waals surface area contributed by atoms with E-state index in [-0.39, 0.29) is 11.8 Å². The summed E-state index contributed by atoms with van der Waals surface area (Å²) in [6, 6.07) is 0. The number of guanidine groups is 1. The van der Waals surface area contributed by atoms with E-state index < -0.39 is 5.41 Å². The maximum atomic E-state index is 12.8. The Balaban J connectivity index is 1.79. The predicted molar refractivity (Wildman–Crippen MR) is 121 cm³/mol. The second-order valence-corrected chi connectivity index (χ2v) is 9.65. The second-order valence-electron chi connectivity index (χ2n) is 9.65. The van der Waals surface area contributed by atoms with Crippen molar-refractivity contribution in [2.75, 3.05) is 66.0 Å². The normalized spacial score (nSPS) is 24.0. The summed E-state index contributed by atoms with van der Waals surface area (Å²) in [6.45, 7) is 17.0. The molecule has 2 aliphatic heterocycles. The summed E-state index contributed by atoms with van der Waals surface area (Å²) in [4.78, 5) is 35.9. The van der Waals surface area contributed by atoms with Gasteiger partial charge in [0.15, 0.2) is 5.96 Å². The highest BCUT2D eigenvalue weighted by atomic mass is 16.2. The summed E-state index contributed by atoms with van der Waals surface area (Å²) in [6.07, 6.45) is 1.21. The Morgan fingerprint density at radius 2 is 1.60 bits per heavy atom. The third-order valence-electron chi connectivity index (χ3n) is 6.10. The Morgan fingerprint density at radius 3 is 2.13 bits per heavy atom. The Bertz CT molecular complexity index is 603. The van der Waals surface area contributed by atoms with Crippen LogP contribution >= 0.6 is 0 Å². The largest absolute Gasteiger partial charge is 0.356 e. The zero-order valence-electron chi connectivity index (χ0n) is 19.8. The molecule has 2 unspecified atom stereocenters. The number of rotatable bonds is 6. The average Bonchev–Trinajstić information content (AvgIpc) is 2.69. The third-order valence-corrected chi connectivity index (χ3v) is 6.10. The number of likely N-dealkylation sites (tertiary alicyclic amines) is 1. The van der Waals surface area contributed by atoms with Crippen LogP contribution in [0.25, 0.3) is 0 Å². The van der Waals surface area contributed by atoms with E-state index in [0.717, 1.165) is 45.2 Å². The molecule has 172 valence electrons. The molecule has 8 nitrogen and oxygen atoms in total. The van der Waals surface area contributed by atoms with Crippen LogP contribution in [0.1, 0.15) is 41.0 Å². The maximum Gasteiger partial charge on any atom is 0.236 e. The molecule has 30 heavy (non-hydrogen) atoms. The SMILES string of the molecule is CCNC(=O)C(C)(C)CNC(=NC)N1CCN(CC(=O)N2CC(C)CC(C)C2)CC1. The molecule has 2 aliphatic rings. The standard InChI is InChI=1S/C22H42N6O2/c1-7-24-20(30)22(4,5)16-25-21(23-6)27-10-8-26(9-11-27)15-19(29)28-13-17(2)12-18(3)14-28/h17-18H,7-16H2,1-6H3,(H,23,25)(H,24,30). The number of piperazine rings is 1. The Morgan fingerprint density at radius 1 is 1.00 bits per heavy atom. The summed E-state index contributed by atoms with van der Waals surface area (Å²) in [5.74, 6) is 2.29. The van der Waals surface area contributed by atoms with E-state index in [9.17, 15) is 9.59 Å². The number of hydrogen-bond acceptors (Lipinski definition) is 4. The summed E-state index contributed by atoms with van der Waals surface area (Å²) >= 11 is 0. The highest BCUT2D eigenvalue weighted by Crippen LogP contribution is 2.21. The molecule has 0 aromatic rings. The molecular formula is C22H42N6O2. The number of amides is 2. The smallest absolute Gasteiger partial charge is 0.236 e. The third kappa shape index (κ3) is 6.86. The fourth-order valence-corrected chi connectivity index (χ4v) is 4.39. The topological polar surface area (TPSA) is 80.3 Å². The lowest BCUT2D eigenvalue weighted by Crippen LogP contribution is -2.56. The van der Waals surface area contributed by atoms with Gasteiger partial charge in [0.05, 0.1) is 12.0 Å². The van der Waals surface area contributed by atoms with Gasteiger partial charge in [0, 0.05) is 59.4 Å². The fourth-order valence-electron chi connectivity index (χ4n) is 4.39. The first-order valence-electron chi connectivity index (χ1n) is 11.4. The number of nitrogens with zero attached hydrogens (tertiary/aromatic N) is 4. The monoisotopic (exact) mass is 422 g/mol. The number of carbonyl (C=O) groups excluding carboxylic acids is 2. The summed E-state index contributed by atoms with van der Waals surface area (Å²) in [7, 11) is 1.77. The first-order chi connectivity index (χ1) is 14.2. The maximum absolute atomic E-state index is 12.8. The molecule has 0 radical (unpaired) electrons. The zero-order chi connectivity index (χ0) is 22.3. The molecule has 2 N–H and O–H groups in total. The molecule has 2 amide bonds. The molecule has 2 atom stereocenters. The zero-order valence-corrected chi connectivity index (χ0v) is 19.8. The van der Waals surface area contributed by atoms with Crippen LogP contribution in [0.15, 0.2) is 4.99 Å². The van der Waals surface area contributed by atoms with Crippen molar-refractivity contribution in [1.82, 2.24) is 25.3 Å². The lowest BCUT2D eigenvalue weighted by Gasteiger charge is -2.39. The van der Waals surface area contributed by atoms with Gasteiger partial charge in [-0.2, -0.15) is 0 Å². The van der Waals surface area contributed by atoms with Crippen molar-refractivity contribution in [2.24, 2.45) is 22.2 Å². The van der Waals surface area contributed by atoms with Crippen molar-refractivity contribution in [3.63, 3.8) is 0 Å². The average molecular weight is 423 g/mol. The van der Waals surface area contributed by atoms with Crippen LogP contribution in [-0.4, -0.2) is 98.4 Å². The van der Waals surface area contributed by atoms with Gasteiger partial charge in [-0.1, -0.05) is 13.8 Å². The van der Waals surface area contributed by atoms with E-state index in [1.54, 1.807) is 7.05 Å². The molecule has 2 saturated heterocycles. The second kappa shape index (κ2) is 11.0. The summed E-state index contributed by atoms with van der Waals surface area (Å²) in [5.41, 5.74) is -0.511. The van der Waals surface area contributed by atoms with Gasteiger partial charge in [-0.05, 0) is 39.0 Å². The van der Waals surface area contributed by atoms with Crippen LogP contribution < -0.4 is 10.6 Å². The van der Waals surface area contributed by atoms with E-state index in [1.807, 2.05) is 20.8 Å². The van der Waals surface area contributed by atoms with Crippen molar-refractivity contribution >= 4 is 17.8 Å². The molecule has 2 fully saturated rings. The quantitative estimate of drug-likeness (QED) is 0.490. The van der Waals surface area contributed by atoms with Crippen LogP contribution in [0.4, 0.5) is 0 Å². The predicted octanol–water partition coefficient (Wildman–Crippen LogP) is 0.846. The highest BCUT2D eigenvalue weighted by molar-refractivity contribution is 5.84. The molecule has 0 spiro atoms. The lowest BCUT2D eigenvalue weighted by atomic mass is 9.92. The number of nitrogens with one attached hydrogen (secondary N) is 2. The number of aliphatic imine (C=N–C) groups is 1. The van der Waals surface area contributed by atoms with Gasteiger partial charge in [-0.25, -0.2) is 0 Å². The summed E-state index contributed by atoms with van der Waals surface area (Å²) < 4.78 is 0. The van der Waals surface area contributed by atoms with E-state index in [1.165, 1.54) is 6.42 Å². The first kappa shape index (κ1) is 24.4. The van der Waals surface area contributed by atoms with Gasteiger partial charge in [-0.15, -0.1) is 0 Å². The van der Waals surface area contributed by atoms with Gasteiger partial charge < -0.3 is 20.4 Å². The number of carbonyl (C=O) groups is 2. The fraction of sp³-hybridized carbons (Fsp3) is 0.864. The molecule has 0 saturated carbocycles. The van der Waals surface area contributed by atoms with Gasteiger partial charge in [0.1, 0.15) is 0 Å². The van der Waals surface area contributed by atoms with Gasteiger partial charge in [-0.3, -0.25) is 19.5 Å². The van der Waals surface area contributed by atoms with Crippen LogP contribution in [0.3, 0.4) is 0 Å². The van der Waals surface area contributed by atoms with Crippen molar-refractivity contribution in [3.8, 4) is 0 Å².